The molecule has 0 radical (unpaired) electrons. The van der Waals surface area contributed by atoms with Crippen molar-refractivity contribution in [3.05, 3.63) is 56.2 Å². The fourth-order valence-corrected chi connectivity index (χ4v) is 2.92. The largest absolute Gasteiger partial charge is 0.495 e. The summed E-state index contributed by atoms with van der Waals surface area (Å²) >= 11 is 6.64. The highest BCUT2D eigenvalue weighted by Crippen LogP contribution is 2.32. The maximum absolute atomic E-state index is 13.2. The van der Waals surface area contributed by atoms with Gasteiger partial charge in [0, 0.05) is 11.0 Å². The molecule has 0 amide bonds. The van der Waals surface area contributed by atoms with E-state index in [2.05, 4.69) is 37.2 Å². The first kappa shape index (κ1) is 15.3. The molecule has 1 N–H and O–H groups in total. The lowest BCUT2D eigenvalue weighted by Crippen LogP contribution is -2.03. The van der Waals surface area contributed by atoms with Crippen molar-refractivity contribution < 1.29 is 9.13 Å². The summed E-state index contributed by atoms with van der Waals surface area (Å²) in [4.78, 5) is 0. The highest BCUT2D eigenvalue weighted by Gasteiger charge is 2.08. The second-order valence-electron chi connectivity index (χ2n) is 4.40. The van der Waals surface area contributed by atoms with Crippen LogP contribution in [0.15, 0.2) is 39.3 Å². The van der Waals surface area contributed by atoms with Gasteiger partial charge in [0.15, 0.2) is 0 Å². The maximum atomic E-state index is 13.2. The normalized spacial score (nSPS) is 10.4. The Bertz CT molecular complexity index is 632. The van der Waals surface area contributed by atoms with Crippen molar-refractivity contribution in [2.75, 3.05) is 12.4 Å². The van der Waals surface area contributed by atoms with Gasteiger partial charge < -0.3 is 10.1 Å². The molecule has 0 unspecified atom stereocenters. The minimum atomic E-state index is -0.258. The second-order valence-corrected chi connectivity index (χ2v) is 6.17. The summed E-state index contributed by atoms with van der Waals surface area (Å²) in [5.74, 6) is 0.518. The van der Waals surface area contributed by atoms with Crippen LogP contribution >= 0.6 is 31.9 Å². The van der Waals surface area contributed by atoms with E-state index in [1.54, 1.807) is 19.2 Å². The zero-order valence-corrected chi connectivity index (χ0v) is 14.3. The molecule has 2 nitrogen and oxygen atoms in total. The van der Waals surface area contributed by atoms with E-state index in [4.69, 9.17) is 4.74 Å². The monoisotopic (exact) mass is 401 g/mol. The van der Waals surface area contributed by atoms with Crippen molar-refractivity contribution in [3.8, 4) is 5.75 Å². The van der Waals surface area contributed by atoms with E-state index in [1.807, 2.05) is 19.1 Å². The number of rotatable bonds is 4. The summed E-state index contributed by atoms with van der Waals surface area (Å²) in [6, 6.07) is 8.91. The standard InChI is InChI=1S/C15H14Br2FNO/c1-9-5-11(16)7-14(20-2)15(9)19-8-10-3-4-13(18)12(17)6-10/h3-7,19H,8H2,1-2H3. The van der Waals surface area contributed by atoms with Gasteiger partial charge in [-0.15, -0.1) is 0 Å². The molecular formula is C15H14Br2FNO. The molecule has 0 heterocycles. The Kier molecular flexibility index (Phi) is 5.05. The number of hydrogen-bond acceptors (Lipinski definition) is 2. The first-order chi connectivity index (χ1) is 9.51. The van der Waals surface area contributed by atoms with Crippen LogP contribution in [-0.2, 0) is 6.54 Å². The lowest BCUT2D eigenvalue weighted by molar-refractivity contribution is 0.416. The Balaban J connectivity index is 2.20. The van der Waals surface area contributed by atoms with Crippen LogP contribution in [0, 0.1) is 12.7 Å². The molecule has 0 saturated heterocycles. The summed E-state index contributed by atoms with van der Waals surface area (Å²) in [6.07, 6.45) is 0. The van der Waals surface area contributed by atoms with Gasteiger partial charge in [0.1, 0.15) is 11.6 Å². The van der Waals surface area contributed by atoms with Crippen molar-refractivity contribution in [3.63, 3.8) is 0 Å². The fourth-order valence-electron chi connectivity index (χ4n) is 1.94. The Hall–Kier alpha value is -1.07. The van der Waals surface area contributed by atoms with Crippen molar-refractivity contribution >= 4 is 37.5 Å². The van der Waals surface area contributed by atoms with E-state index in [1.165, 1.54) is 6.07 Å². The third-order valence-corrected chi connectivity index (χ3v) is 4.00. The third-order valence-electron chi connectivity index (χ3n) is 2.94. The summed E-state index contributed by atoms with van der Waals surface area (Å²) in [5.41, 5.74) is 3.01. The molecule has 2 rings (SSSR count). The Labute approximate surface area is 134 Å². The molecule has 0 bridgehead atoms. The Morgan fingerprint density at radius 1 is 1.20 bits per heavy atom. The number of aryl methyl sites for hydroxylation is 1. The first-order valence-electron chi connectivity index (χ1n) is 6.03. The van der Waals surface area contributed by atoms with Crippen molar-refractivity contribution in [2.24, 2.45) is 0 Å². The number of halogens is 3. The van der Waals surface area contributed by atoms with Crippen LogP contribution in [0.2, 0.25) is 0 Å². The second kappa shape index (κ2) is 6.59. The quantitative estimate of drug-likeness (QED) is 0.751. The minimum Gasteiger partial charge on any atom is -0.495 e. The molecule has 0 aliphatic rings. The molecule has 0 fully saturated rings. The molecule has 0 aliphatic carbocycles. The molecule has 2 aromatic rings. The minimum absolute atomic E-state index is 0.258. The van der Waals surface area contributed by atoms with Crippen LogP contribution in [0.1, 0.15) is 11.1 Å². The predicted octanol–water partition coefficient (Wildman–Crippen LogP) is 5.28. The van der Waals surface area contributed by atoms with Crippen LogP contribution in [0.25, 0.3) is 0 Å². The zero-order valence-electron chi connectivity index (χ0n) is 11.1. The fraction of sp³-hybridized carbons (Fsp3) is 0.200. The van der Waals surface area contributed by atoms with E-state index in [-0.39, 0.29) is 5.82 Å². The number of anilines is 1. The van der Waals surface area contributed by atoms with Crippen LogP contribution in [0.3, 0.4) is 0 Å². The number of hydrogen-bond donors (Lipinski definition) is 1. The molecular weight excluding hydrogens is 389 g/mol. The summed E-state index contributed by atoms with van der Waals surface area (Å²) < 4.78 is 20.0. The van der Waals surface area contributed by atoms with Gasteiger partial charge in [-0.05, 0) is 58.2 Å². The van der Waals surface area contributed by atoms with E-state index >= 15 is 0 Å². The number of ether oxygens (including phenoxy) is 1. The van der Waals surface area contributed by atoms with Crippen LogP contribution < -0.4 is 10.1 Å². The van der Waals surface area contributed by atoms with Crippen molar-refractivity contribution in [2.45, 2.75) is 13.5 Å². The number of benzene rings is 2. The predicted molar refractivity (Wildman–Crippen MR) is 86.9 cm³/mol. The van der Waals surface area contributed by atoms with Gasteiger partial charge in [0.2, 0.25) is 0 Å². The van der Waals surface area contributed by atoms with Crippen molar-refractivity contribution in [1.29, 1.82) is 0 Å². The molecule has 0 aliphatic heterocycles. The van der Waals surface area contributed by atoms with E-state index in [0.29, 0.717) is 11.0 Å². The van der Waals surface area contributed by atoms with E-state index in [9.17, 15) is 4.39 Å². The summed E-state index contributed by atoms with van der Waals surface area (Å²) in [6.45, 7) is 2.61. The molecule has 0 atom stereocenters. The maximum Gasteiger partial charge on any atom is 0.143 e. The topological polar surface area (TPSA) is 21.3 Å². The van der Waals surface area contributed by atoms with Crippen LogP contribution in [0.4, 0.5) is 10.1 Å². The van der Waals surface area contributed by atoms with E-state index in [0.717, 1.165) is 27.0 Å². The Morgan fingerprint density at radius 2 is 1.95 bits per heavy atom. The first-order valence-corrected chi connectivity index (χ1v) is 7.62. The van der Waals surface area contributed by atoms with Crippen LogP contribution in [-0.4, -0.2) is 7.11 Å². The van der Waals surface area contributed by atoms with Gasteiger partial charge in [-0.25, -0.2) is 4.39 Å². The SMILES string of the molecule is COc1cc(Br)cc(C)c1NCc1ccc(F)c(Br)c1. The third kappa shape index (κ3) is 3.52. The van der Waals surface area contributed by atoms with Gasteiger partial charge in [-0.2, -0.15) is 0 Å². The summed E-state index contributed by atoms with van der Waals surface area (Å²) in [5, 5.41) is 3.33. The van der Waals surface area contributed by atoms with Crippen molar-refractivity contribution in [1.82, 2.24) is 0 Å². The lowest BCUT2D eigenvalue weighted by Gasteiger charge is -2.15. The molecule has 0 saturated carbocycles. The average Bonchev–Trinajstić information content (AvgIpc) is 2.40. The zero-order chi connectivity index (χ0) is 14.7. The van der Waals surface area contributed by atoms with Gasteiger partial charge in [0.05, 0.1) is 17.3 Å². The molecule has 0 spiro atoms. The van der Waals surface area contributed by atoms with Gasteiger partial charge in [-0.3, -0.25) is 0 Å². The molecule has 20 heavy (non-hydrogen) atoms. The molecule has 106 valence electrons. The van der Waals surface area contributed by atoms with Crippen LogP contribution in [0.5, 0.6) is 5.75 Å². The smallest absolute Gasteiger partial charge is 0.143 e. The van der Waals surface area contributed by atoms with E-state index < -0.39 is 0 Å². The summed E-state index contributed by atoms with van der Waals surface area (Å²) in [7, 11) is 1.64. The highest BCUT2D eigenvalue weighted by molar-refractivity contribution is 9.10. The van der Waals surface area contributed by atoms with Gasteiger partial charge in [0.25, 0.3) is 0 Å². The number of methoxy groups -OCH3 is 1. The Morgan fingerprint density at radius 3 is 2.60 bits per heavy atom. The van der Waals surface area contributed by atoms with Gasteiger partial charge >= 0.3 is 0 Å². The number of nitrogens with one attached hydrogen (secondary N) is 1. The van der Waals surface area contributed by atoms with Gasteiger partial charge in [-0.1, -0.05) is 22.0 Å². The molecule has 5 heteroatoms. The highest BCUT2D eigenvalue weighted by atomic mass is 79.9. The molecule has 0 aromatic heterocycles. The average molecular weight is 403 g/mol. The molecule has 2 aromatic carbocycles. The lowest BCUT2D eigenvalue weighted by atomic mass is 10.1.